The normalized spacial score (nSPS) is 16.7. The minimum Gasteiger partial charge on any atom is -0.479 e. The first-order valence-electron chi connectivity index (χ1n) is 12.3. The monoisotopic (exact) mass is 611 g/mol. The number of nitrogens with zero attached hydrogens (tertiary/aromatic N) is 2. The van der Waals surface area contributed by atoms with Crippen molar-refractivity contribution >= 4 is 50.9 Å². The van der Waals surface area contributed by atoms with E-state index in [2.05, 4.69) is 22.0 Å². The van der Waals surface area contributed by atoms with Gasteiger partial charge in [0.25, 0.3) is 0 Å². The predicted molar refractivity (Wildman–Crippen MR) is 150 cm³/mol. The maximum Gasteiger partial charge on any atom is 0.349 e. The molecule has 1 heterocycles. The number of anilines is 1. The maximum absolute atomic E-state index is 12.6. The van der Waals surface area contributed by atoms with Crippen LogP contribution in [0.2, 0.25) is 0 Å². The molecule has 4 rings (SSSR count). The van der Waals surface area contributed by atoms with Gasteiger partial charge < -0.3 is 20.7 Å². The highest BCUT2D eigenvalue weighted by atomic mass is 79.9. The molecule has 1 fully saturated rings. The van der Waals surface area contributed by atoms with Crippen molar-refractivity contribution < 1.29 is 29.3 Å². The van der Waals surface area contributed by atoms with E-state index in [0.717, 1.165) is 42.6 Å². The van der Waals surface area contributed by atoms with Crippen molar-refractivity contribution in [1.29, 1.82) is 5.26 Å². The van der Waals surface area contributed by atoms with E-state index in [1.54, 1.807) is 24.3 Å². The molecule has 4 N–H and O–H groups in total. The van der Waals surface area contributed by atoms with Crippen LogP contribution >= 0.6 is 27.3 Å². The third-order valence-corrected chi connectivity index (χ3v) is 9.00. The third-order valence-electron chi connectivity index (χ3n) is 6.77. The fraction of sp³-hybridized carbons (Fsp3) is 0.286. The number of thiophene rings is 1. The van der Waals surface area contributed by atoms with Gasteiger partial charge in [-0.1, -0.05) is 36.8 Å². The van der Waals surface area contributed by atoms with Crippen molar-refractivity contribution in [3.8, 4) is 22.3 Å². The summed E-state index contributed by atoms with van der Waals surface area (Å²) in [4.78, 5) is 37.3. The van der Waals surface area contributed by atoms with Crippen LogP contribution in [0.1, 0.15) is 52.4 Å². The summed E-state index contributed by atoms with van der Waals surface area (Å²) >= 11 is 4.31. The molecule has 2 unspecified atom stereocenters. The highest BCUT2D eigenvalue weighted by Crippen LogP contribution is 2.46. The summed E-state index contributed by atoms with van der Waals surface area (Å²) in [5.41, 5.74) is 8.71. The average Bonchev–Trinajstić information content (AvgIpc) is 3.26. The van der Waals surface area contributed by atoms with Crippen LogP contribution in [0, 0.1) is 17.2 Å². The molecule has 0 aliphatic heterocycles. The van der Waals surface area contributed by atoms with Gasteiger partial charge in [0.1, 0.15) is 0 Å². The molecule has 0 saturated heterocycles. The molecular weight excluding hydrogens is 586 g/mol. The van der Waals surface area contributed by atoms with Gasteiger partial charge in [-0.2, -0.15) is 5.26 Å². The fourth-order valence-electron chi connectivity index (χ4n) is 5.08. The molecule has 1 aliphatic carbocycles. The molecule has 2 aromatic carbocycles. The van der Waals surface area contributed by atoms with Gasteiger partial charge in [0.05, 0.1) is 21.0 Å². The Kier molecular flexibility index (Phi) is 8.89. The number of primary amides is 1. The number of benzene rings is 2. The maximum atomic E-state index is 12.6. The van der Waals surface area contributed by atoms with Gasteiger partial charge in [0, 0.05) is 12.2 Å². The molecular formula is C28H26BrN3O6S. The number of urea groups is 1. The van der Waals surface area contributed by atoms with E-state index in [4.69, 9.17) is 15.6 Å². The number of carboxylic acid groups (broad SMARTS) is 2. The smallest absolute Gasteiger partial charge is 0.349 e. The number of nitriles is 1. The van der Waals surface area contributed by atoms with Crippen molar-refractivity contribution in [1.82, 2.24) is 0 Å². The number of rotatable bonds is 9. The van der Waals surface area contributed by atoms with E-state index in [9.17, 15) is 24.8 Å². The first-order valence-corrected chi connectivity index (χ1v) is 13.9. The molecule has 39 heavy (non-hydrogen) atoms. The van der Waals surface area contributed by atoms with Crippen LogP contribution in [-0.4, -0.2) is 41.3 Å². The Hall–Kier alpha value is -3.88. The Morgan fingerprint density at radius 1 is 1.15 bits per heavy atom. The highest BCUT2D eigenvalue weighted by Gasteiger charge is 2.29. The van der Waals surface area contributed by atoms with Crippen LogP contribution in [0.25, 0.3) is 10.4 Å². The van der Waals surface area contributed by atoms with Gasteiger partial charge >= 0.3 is 18.0 Å². The Balaban J connectivity index is 1.60. The van der Waals surface area contributed by atoms with Crippen molar-refractivity contribution in [3.63, 3.8) is 0 Å². The summed E-state index contributed by atoms with van der Waals surface area (Å²) in [5, 5.41) is 28.1. The first kappa shape index (κ1) is 28.1. The topological polar surface area (TPSA) is 154 Å². The molecule has 1 aromatic heterocycles. The Morgan fingerprint density at radius 3 is 2.62 bits per heavy atom. The number of carboxylic acids is 2. The summed E-state index contributed by atoms with van der Waals surface area (Å²) < 4.78 is 5.57. The van der Waals surface area contributed by atoms with Crippen molar-refractivity contribution in [2.45, 2.75) is 31.6 Å². The van der Waals surface area contributed by atoms with Gasteiger partial charge in [-0.15, -0.1) is 11.3 Å². The number of carbonyl (C=O) groups is 3. The lowest BCUT2D eigenvalue weighted by Crippen LogP contribution is -2.40. The van der Waals surface area contributed by atoms with Crippen LogP contribution < -0.4 is 15.4 Å². The first-order chi connectivity index (χ1) is 18.7. The van der Waals surface area contributed by atoms with Crippen LogP contribution in [-0.2, 0) is 4.79 Å². The van der Waals surface area contributed by atoms with Gasteiger partial charge in [-0.05, 0) is 76.4 Å². The Labute approximate surface area is 237 Å². The van der Waals surface area contributed by atoms with E-state index < -0.39 is 24.6 Å². The summed E-state index contributed by atoms with van der Waals surface area (Å²) in [5.74, 6) is -2.14. The molecule has 9 nitrogen and oxygen atoms in total. The SMILES string of the molecule is N#Cc1ccccc1C1CCCC(CN(C(N)=O)c2cccc(-c3sc(C(=O)O)c(OCC(=O)O)c3Br)c2)C1. The quantitative estimate of drug-likeness (QED) is 0.265. The highest BCUT2D eigenvalue weighted by molar-refractivity contribution is 9.10. The van der Waals surface area contributed by atoms with E-state index in [1.807, 2.05) is 24.3 Å². The number of hydrogen-bond donors (Lipinski definition) is 3. The van der Waals surface area contributed by atoms with E-state index in [0.29, 0.717) is 32.7 Å². The third kappa shape index (κ3) is 6.41. The lowest BCUT2D eigenvalue weighted by Gasteiger charge is -2.33. The molecule has 0 radical (unpaired) electrons. The Morgan fingerprint density at radius 2 is 1.92 bits per heavy atom. The summed E-state index contributed by atoms with van der Waals surface area (Å²) in [6, 6.07) is 16.3. The number of carbonyl (C=O) groups excluding carboxylic acids is 1. The van der Waals surface area contributed by atoms with Crippen molar-refractivity contribution in [3.05, 3.63) is 69.0 Å². The van der Waals surface area contributed by atoms with E-state index in [1.165, 1.54) is 4.90 Å². The van der Waals surface area contributed by atoms with Crippen LogP contribution in [0.5, 0.6) is 5.75 Å². The van der Waals surface area contributed by atoms with Crippen LogP contribution in [0.3, 0.4) is 0 Å². The van der Waals surface area contributed by atoms with Gasteiger partial charge in [0.15, 0.2) is 17.2 Å². The number of nitrogens with two attached hydrogens (primary N) is 1. The predicted octanol–water partition coefficient (Wildman–Crippen LogP) is 6.07. The van der Waals surface area contributed by atoms with Crippen LogP contribution in [0.15, 0.2) is 53.0 Å². The lowest BCUT2D eigenvalue weighted by atomic mass is 9.76. The fourth-order valence-corrected chi connectivity index (χ4v) is 6.96. The van der Waals surface area contributed by atoms with Crippen molar-refractivity contribution in [2.75, 3.05) is 18.1 Å². The molecule has 3 aromatic rings. The Bertz CT molecular complexity index is 1450. The second kappa shape index (κ2) is 12.3. The van der Waals surface area contributed by atoms with E-state index in [-0.39, 0.29) is 22.5 Å². The zero-order valence-corrected chi connectivity index (χ0v) is 23.2. The standard InChI is InChI=1S/C28H26BrN3O6S/c29-23-24(38-15-22(33)34)26(27(35)36)39-25(23)18-8-4-9-20(12-18)32(28(31)37)14-16-5-3-7-17(11-16)21-10-2-1-6-19(21)13-30/h1-2,4,6,8-10,12,16-17H,3,5,7,11,14-15H2,(H2,31,37)(H,33,34)(H,35,36). The van der Waals surface area contributed by atoms with Gasteiger partial charge in [-0.3, -0.25) is 4.90 Å². The molecule has 1 saturated carbocycles. The number of aliphatic carboxylic acids is 1. The molecule has 0 bridgehead atoms. The summed E-state index contributed by atoms with van der Waals surface area (Å²) in [7, 11) is 0. The molecule has 2 atom stereocenters. The summed E-state index contributed by atoms with van der Waals surface area (Å²) in [6.07, 6.45) is 3.70. The number of amides is 2. The number of hydrogen-bond acceptors (Lipinski definition) is 6. The minimum absolute atomic E-state index is 0.0621. The molecule has 202 valence electrons. The zero-order chi connectivity index (χ0) is 28.1. The van der Waals surface area contributed by atoms with Gasteiger partial charge in [-0.25, -0.2) is 14.4 Å². The molecule has 2 amide bonds. The molecule has 1 aliphatic rings. The van der Waals surface area contributed by atoms with Gasteiger partial charge in [0.2, 0.25) is 0 Å². The largest absolute Gasteiger partial charge is 0.479 e. The van der Waals surface area contributed by atoms with Crippen LogP contribution in [0.4, 0.5) is 10.5 Å². The zero-order valence-electron chi connectivity index (χ0n) is 20.8. The second-order valence-corrected chi connectivity index (χ2v) is 11.1. The van der Waals surface area contributed by atoms with Crippen molar-refractivity contribution in [2.24, 2.45) is 11.7 Å². The number of aromatic carboxylic acids is 1. The molecule has 11 heteroatoms. The average molecular weight is 613 g/mol. The summed E-state index contributed by atoms with van der Waals surface area (Å²) in [6.45, 7) is -0.283. The second-order valence-electron chi connectivity index (χ2n) is 9.32. The number of ether oxygens (including phenoxy) is 1. The number of halogens is 1. The minimum atomic E-state index is -1.24. The van der Waals surface area contributed by atoms with E-state index >= 15 is 0 Å². The molecule has 0 spiro atoms. The lowest BCUT2D eigenvalue weighted by molar-refractivity contribution is -0.139.